The van der Waals surface area contributed by atoms with Gasteiger partial charge in [0.1, 0.15) is 11.6 Å². The van der Waals surface area contributed by atoms with Crippen LogP contribution in [0.15, 0.2) is 72.8 Å². The summed E-state index contributed by atoms with van der Waals surface area (Å²) in [5.74, 6) is -0.862. The van der Waals surface area contributed by atoms with Crippen LogP contribution in [0.25, 0.3) is 33.9 Å². The Bertz CT molecular complexity index is 1250. The predicted molar refractivity (Wildman–Crippen MR) is 108 cm³/mol. The minimum atomic E-state index is -0.566. The summed E-state index contributed by atoms with van der Waals surface area (Å²) in [6, 6.07) is 22.3. The van der Waals surface area contributed by atoms with E-state index < -0.39 is 11.6 Å². The fraction of sp³-hybridized carbons (Fsp3) is 0. The summed E-state index contributed by atoms with van der Waals surface area (Å²) >= 11 is 0. The van der Waals surface area contributed by atoms with Gasteiger partial charge in [0, 0.05) is 16.7 Å². The summed E-state index contributed by atoms with van der Waals surface area (Å²) in [4.78, 5) is 8.92. The first-order chi connectivity index (χ1) is 14.6. The molecule has 0 radical (unpaired) electrons. The van der Waals surface area contributed by atoms with Crippen LogP contribution in [0.2, 0.25) is 0 Å². The molecule has 0 spiro atoms. The molecule has 142 valence electrons. The lowest BCUT2D eigenvalue weighted by molar-refractivity contribution is 0.630. The lowest BCUT2D eigenvalue weighted by atomic mass is 10.0. The summed E-state index contributed by atoms with van der Waals surface area (Å²) in [6.45, 7) is 0. The van der Waals surface area contributed by atoms with Crippen molar-refractivity contribution in [2.24, 2.45) is 0 Å². The summed E-state index contributed by atoms with van der Waals surface area (Å²) in [5, 5.41) is 18.3. The van der Waals surface area contributed by atoms with Gasteiger partial charge in [-0.15, -0.1) is 0 Å². The van der Waals surface area contributed by atoms with E-state index in [4.69, 9.17) is 0 Å². The van der Waals surface area contributed by atoms with Gasteiger partial charge in [0.05, 0.1) is 34.7 Å². The highest BCUT2D eigenvalue weighted by Crippen LogP contribution is 2.30. The highest BCUT2D eigenvalue weighted by molar-refractivity contribution is 5.73. The van der Waals surface area contributed by atoms with Gasteiger partial charge in [-0.2, -0.15) is 10.5 Å². The van der Waals surface area contributed by atoms with E-state index in [1.54, 1.807) is 24.3 Å². The van der Waals surface area contributed by atoms with Crippen molar-refractivity contribution in [1.29, 1.82) is 10.5 Å². The van der Waals surface area contributed by atoms with Gasteiger partial charge in [0.25, 0.3) is 0 Å². The van der Waals surface area contributed by atoms with Crippen molar-refractivity contribution >= 4 is 0 Å². The minimum absolute atomic E-state index is 0.103. The Morgan fingerprint density at radius 2 is 1.13 bits per heavy atom. The fourth-order valence-corrected chi connectivity index (χ4v) is 3.02. The molecule has 3 aromatic carbocycles. The minimum Gasteiger partial charge on any atom is -0.228 e. The van der Waals surface area contributed by atoms with Gasteiger partial charge in [-0.05, 0) is 42.5 Å². The summed E-state index contributed by atoms with van der Waals surface area (Å²) in [7, 11) is 0. The van der Waals surface area contributed by atoms with Gasteiger partial charge in [-0.1, -0.05) is 30.3 Å². The third-order valence-electron chi connectivity index (χ3n) is 4.50. The van der Waals surface area contributed by atoms with E-state index in [1.807, 2.05) is 18.2 Å². The number of hydrogen-bond donors (Lipinski definition) is 0. The lowest BCUT2D eigenvalue weighted by Gasteiger charge is -2.11. The van der Waals surface area contributed by atoms with Crippen molar-refractivity contribution in [3.63, 3.8) is 0 Å². The second-order valence-corrected chi connectivity index (χ2v) is 6.44. The molecule has 0 aliphatic carbocycles. The molecule has 1 aromatic heterocycles. The quantitative estimate of drug-likeness (QED) is 0.460. The van der Waals surface area contributed by atoms with Crippen molar-refractivity contribution in [3.8, 4) is 46.0 Å². The molecule has 0 N–H and O–H groups in total. The van der Waals surface area contributed by atoms with Crippen molar-refractivity contribution < 1.29 is 8.78 Å². The van der Waals surface area contributed by atoms with Crippen LogP contribution in [0.4, 0.5) is 8.78 Å². The van der Waals surface area contributed by atoms with Crippen LogP contribution in [0.3, 0.4) is 0 Å². The molecule has 4 aromatic rings. The van der Waals surface area contributed by atoms with Crippen molar-refractivity contribution in [3.05, 3.63) is 95.6 Å². The van der Waals surface area contributed by atoms with E-state index in [1.165, 1.54) is 42.5 Å². The Hall–Kier alpha value is -4.42. The monoisotopic (exact) mass is 394 g/mol. The highest BCUT2D eigenvalue weighted by atomic mass is 19.1. The first kappa shape index (κ1) is 18.9. The first-order valence-corrected chi connectivity index (χ1v) is 8.93. The van der Waals surface area contributed by atoms with Crippen molar-refractivity contribution in [2.75, 3.05) is 0 Å². The lowest BCUT2D eigenvalue weighted by Crippen LogP contribution is -1.99. The Kier molecular flexibility index (Phi) is 4.99. The van der Waals surface area contributed by atoms with Gasteiger partial charge in [-0.25, -0.2) is 18.7 Å². The Labute approximate surface area is 171 Å². The molecule has 0 unspecified atom stereocenters. The smallest absolute Gasteiger partial charge is 0.160 e. The summed E-state index contributed by atoms with van der Waals surface area (Å²) in [6.07, 6.45) is 0. The Morgan fingerprint density at radius 1 is 0.633 bits per heavy atom. The largest absolute Gasteiger partial charge is 0.228 e. The van der Waals surface area contributed by atoms with Crippen LogP contribution in [0.1, 0.15) is 11.1 Å². The van der Waals surface area contributed by atoms with Crippen molar-refractivity contribution in [2.45, 2.75) is 0 Å². The van der Waals surface area contributed by atoms with E-state index in [0.29, 0.717) is 5.56 Å². The molecule has 0 aliphatic rings. The van der Waals surface area contributed by atoms with E-state index in [9.17, 15) is 19.3 Å². The first-order valence-electron chi connectivity index (χ1n) is 8.93. The summed E-state index contributed by atoms with van der Waals surface area (Å²) in [5.41, 5.74) is 1.81. The van der Waals surface area contributed by atoms with E-state index in [0.717, 1.165) is 0 Å². The molecule has 0 bridgehead atoms. The van der Waals surface area contributed by atoms with Gasteiger partial charge in [0.15, 0.2) is 5.82 Å². The van der Waals surface area contributed by atoms with E-state index in [-0.39, 0.29) is 39.5 Å². The SMILES string of the molecule is N#Cc1ccc(F)c(-c2cc(-c3cc(C#N)ccc3F)nc(-c3ccccc3)n2)c1. The maximum Gasteiger partial charge on any atom is 0.160 e. The molecular weight excluding hydrogens is 382 g/mol. The number of rotatable bonds is 3. The third-order valence-corrected chi connectivity index (χ3v) is 4.50. The molecule has 1 heterocycles. The van der Waals surface area contributed by atoms with Gasteiger partial charge >= 0.3 is 0 Å². The van der Waals surface area contributed by atoms with Crippen LogP contribution in [0.5, 0.6) is 0 Å². The van der Waals surface area contributed by atoms with Crippen LogP contribution in [-0.4, -0.2) is 9.97 Å². The molecular formula is C24H12F2N4. The Morgan fingerprint density at radius 3 is 1.60 bits per heavy atom. The van der Waals surface area contributed by atoms with Gasteiger partial charge in [-0.3, -0.25) is 0 Å². The van der Waals surface area contributed by atoms with Crippen LogP contribution in [0, 0.1) is 34.3 Å². The summed E-state index contributed by atoms with van der Waals surface area (Å²) < 4.78 is 29.1. The molecule has 0 atom stereocenters. The topological polar surface area (TPSA) is 73.4 Å². The maximum atomic E-state index is 14.6. The zero-order valence-corrected chi connectivity index (χ0v) is 15.5. The fourth-order valence-electron chi connectivity index (χ4n) is 3.02. The predicted octanol–water partition coefficient (Wildman–Crippen LogP) is 5.50. The van der Waals surface area contributed by atoms with Gasteiger partial charge < -0.3 is 0 Å². The van der Waals surface area contributed by atoms with Crippen LogP contribution >= 0.6 is 0 Å². The molecule has 30 heavy (non-hydrogen) atoms. The van der Waals surface area contributed by atoms with Gasteiger partial charge in [0.2, 0.25) is 0 Å². The Balaban J connectivity index is 2.00. The standard InChI is InChI=1S/C24H12F2N4/c25-20-8-6-15(13-27)10-18(20)22-12-23(19-11-16(14-28)7-9-21(19)26)30-24(29-22)17-4-2-1-3-5-17/h1-12H. The molecule has 0 aliphatic heterocycles. The molecule has 0 fully saturated rings. The average Bonchev–Trinajstić information content (AvgIpc) is 2.80. The van der Waals surface area contributed by atoms with Crippen LogP contribution < -0.4 is 0 Å². The average molecular weight is 394 g/mol. The van der Waals surface area contributed by atoms with E-state index in [2.05, 4.69) is 9.97 Å². The number of nitrogens with zero attached hydrogens (tertiary/aromatic N) is 4. The second-order valence-electron chi connectivity index (χ2n) is 6.44. The molecule has 0 saturated heterocycles. The number of benzene rings is 3. The van der Waals surface area contributed by atoms with E-state index >= 15 is 0 Å². The zero-order chi connectivity index (χ0) is 21.1. The molecule has 0 amide bonds. The van der Waals surface area contributed by atoms with Crippen molar-refractivity contribution in [1.82, 2.24) is 9.97 Å². The normalized spacial score (nSPS) is 10.3. The second kappa shape index (κ2) is 7.90. The molecule has 6 heteroatoms. The molecule has 4 nitrogen and oxygen atoms in total. The zero-order valence-electron chi connectivity index (χ0n) is 15.5. The maximum absolute atomic E-state index is 14.6. The number of hydrogen-bond acceptors (Lipinski definition) is 4. The number of halogens is 2. The highest BCUT2D eigenvalue weighted by Gasteiger charge is 2.16. The number of aromatic nitrogens is 2. The number of nitriles is 2. The molecule has 0 saturated carbocycles. The molecule has 4 rings (SSSR count). The van der Waals surface area contributed by atoms with Crippen LogP contribution in [-0.2, 0) is 0 Å². The third kappa shape index (κ3) is 3.63.